The molecule has 21 heavy (non-hydrogen) atoms. The maximum absolute atomic E-state index is 11.2. The monoisotopic (exact) mass is 290 g/mol. The molecule has 0 spiro atoms. The van der Waals surface area contributed by atoms with E-state index in [0.717, 1.165) is 32.0 Å². The molecule has 1 aliphatic carbocycles. The first-order valence-electron chi connectivity index (χ1n) is 8.10. The topological polar surface area (TPSA) is 45.5 Å². The molecule has 4 nitrogen and oxygen atoms in total. The molecule has 1 N–H and O–H groups in total. The van der Waals surface area contributed by atoms with Crippen molar-refractivity contribution in [3.05, 3.63) is 24.0 Å². The molecule has 2 heterocycles. The number of nitrogens with zero attached hydrogens (tertiary/aromatic N) is 2. The van der Waals surface area contributed by atoms with Gasteiger partial charge in [-0.2, -0.15) is 0 Å². The van der Waals surface area contributed by atoms with Crippen molar-refractivity contribution in [2.75, 3.05) is 13.1 Å². The van der Waals surface area contributed by atoms with Crippen molar-refractivity contribution in [1.29, 1.82) is 0 Å². The van der Waals surface area contributed by atoms with E-state index >= 15 is 0 Å². The van der Waals surface area contributed by atoms with Gasteiger partial charge >= 0.3 is 5.97 Å². The number of piperidine rings is 1. The van der Waals surface area contributed by atoms with Gasteiger partial charge in [0.05, 0.1) is 0 Å². The summed E-state index contributed by atoms with van der Waals surface area (Å²) < 4.78 is 1.96. The van der Waals surface area contributed by atoms with Gasteiger partial charge in [-0.25, -0.2) is 4.79 Å². The minimum atomic E-state index is -0.819. The Kier molecular flexibility index (Phi) is 3.82. The molecule has 116 valence electrons. The fourth-order valence-electron chi connectivity index (χ4n) is 4.13. The highest BCUT2D eigenvalue weighted by Gasteiger charge is 2.36. The highest BCUT2D eigenvalue weighted by molar-refractivity contribution is 5.85. The van der Waals surface area contributed by atoms with E-state index in [9.17, 15) is 9.90 Å². The van der Waals surface area contributed by atoms with Crippen LogP contribution in [0.15, 0.2) is 18.3 Å². The summed E-state index contributed by atoms with van der Waals surface area (Å²) in [6.45, 7) is 6.95. The third kappa shape index (κ3) is 3.00. The Labute approximate surface area is 126 Å². The molecule has 1 atom stereocenters. The van der Waals surface area contributed by atoms with E-state index in [-0.39, 0.29) is 0 Å². The molecule has 0 radical (unpaired) electrons. The van der Waals surface area contributed by atoms with Crippen LogP contribution in [0.25, 0.3) is 0 Å². The number of hydrogen-bond donors (Lipinski definition) is 1. The van der Waals surface area contributed by atoms with Crippen LogP contribution in [-0.2, 0) is 0 Å². The Hall–Kier alpha value is -1.29. The summed E-state index contributed by atoms with van der Waals surface area (Å²) in [6, 6.07) is 4.63. The molecule has 2 aliphatic rings. The number of hydrogen-bond acceptors (Lipinski definition) is 2. The van der Waals surface area contributed by atoms with Gasteiger partial charge in [-0.1, -0.05) is 13.8 Å². The van der Waals surface area contributed by atoms with Crippen LogP contribution in [0, 0.1) is 5.41 Å². The normalized spacial score (nSPS) is 27.0. The van der Waals surface area contributed by atoms with Gasteiger partial charge < -0.3 is 14.6 Å². The molecule has 1 saturated heterocycles. The van der Waals surface area contributed by atoms with Crippen LogP contribution >= 0.6 is 0 Å². The predicted octanol–water partition coefficient (Wildman–Crippen LogP) is 3.40. The third-order valence-electron chi connectivity index (χ3n) is 5.35. The molecule has 0 aromatic carbocycles. The molecule has 2 fully saturated rings. The molecule has 0 bridgehead atoms. The van der Waals surface area contributed by atoms with Gasteiger partial charge in [-0.15, -0.1) is 0 Å². The molecule has 0 amide bonds. The summed E-state index contributed by atoms with van der Waals surface area (Å²) in [7, 11) is 0. The lowest BCUT2D eigenvalue weighted by Crippen LogP contribution is -2.41. The first-order valence-corrected chi connectivity index (χ1v) is 8.10. The van der Waals surface area contributed by atoms with Crippen LogP contribution in [0.4, 0.5) is 0 Å². The van der Waals surface area contributed by atoms with Crippen LogP contribution in [0.5, 0.6) is 0 Å². The van der Waals surface area contributed by atoms with E-state index in [2.05, 4.69) is 18.7 Å². The second kappa shape index (κ2) is 5.48. The number of aromatic nitrogens is 1. The van der Waals surface area contributed by atoms with Gasteiger partial charge in [0.2, 0.25) is 0 Å². The minimum Gasteiger partial charge on any atom is -0.477 e. The highest BCUT2D eigenvalue weighted by Crippen LogP contribution is 2.40. The van der Waals surface area contributed by atoms with Crippen molar-refractivity contribution in [2.24, 2.45) is 5.41 Å². The van der Waals surface area contributed by atoms with Gasteiger partial charge in [0.1, 0.15) is 5.69 Å². The highest BCUT2D eigenvalue weighted by atomic mass is 16.4. The van der Waals surface area contributed by atoms with E-state index in [1.54, 1.807) is 6.07 Å². The third-order valence-corrected chi connectivity index (χ3v) is 5.35. The summed E-state index contributed by atoms with van der Waals surface area (Å²) in [6.07, 6.45) is 8.00. The summed E-state index contributed by atoms with van der Waals surface area (Å²) in [5.41, 5.74) is 0.925. The quantitative estimate of drug-likeness (QED) is 0.928. The average molecular weight is 290 g/mol. The van der Waals surface area contributed by atoms with E-state index < -0.39 is 5.97 Å². The predicted molar refractivity (Wildman–Crippen MR) is 82.7 cm³/mol. The van der Waals surface area contributed by atoms with E-state index in [1.165, 1.54) is 19.3 Å². The number of likely N-dealkylation sites (tertiary alicyclic amines) is 1. The Bertz CT molecular complexity index is 513. The maximum Gasteiger partial charge on any atom is 0.352 e. The fraction of sp³-hybridized carbons (Fsp3) is 0.706. The van der Waals surface area contributed by atoms with Crippen LogP contribution in [0.2, 0.25) is 0 Å². The summed E-state index contributed by atoms with van der Waals surface area (Å²) in [4.78, 5) is 13.9. The van der Waals surface area contributed by atoms with Gasteiger partial charge in [0.25, 0.3) is 0 Å². The zero-order valence-corrected chi connectivity index (χ0v) is 13.1. The van der Waals surface area contributed by atoms with Crippen molar-refractivity contribution in [2.45, 2.75) is 58.0 Å². The van der Waals surface area contributed by atoms with Crippen molar-refractivity contribution in [3.63, 3.8) is 0 Å². The number of aromatic carboxylic acids is 1. The largest absolute Gasteiger partial charge is 0.477 e. The van der Waals surface area contributed by atoms with Crippen LogP contribution in [0.3, 0.4) is 0 Å². The van der Waals surface area contributed by atoms with Crippen LogP contribution < -0.4 is 0 Å². The molecular formula is C17H26N2O2. The Morgan fingerprint density at radius 1 is 1.24 bits per heavy atom. The number of carbonyl (C=O) groups is 1. The molecular weight excluding hydrogens is 264 g/mol. The average Bonchev–Trinajstić information content (AvgIpc) is 3.05. The zero-order valence-electron chi connectivity index (χ0n) is 13.1. The Balaban J connectivity index is 1.60. The molecule has 1 aliphatic heterocycles. The number of carboxylic acids is 1. The van der Waals surface area contributed by atoms with Gasteiger partial charge in [-0.05, 0) is 49.7 Å². The number of rotatable bonds is 3. The second-order valence-corrected chi connectivity index (χ2v) is 7.43. The second-order valence-electron chi connectivity index (χ2n) is 7.43. The van der Waals surface area contributed by atoms with Crippen molar-refractivity contribution < 1.29 is 9.90 Å². The lowest BCUT2D eigenvalue weighted by atomic mass is 9.91. The van der Waals surface area contributed by atoms with E-state index in [4.69, 9.17) is 0 Å². The van der Waals surface area contributed by atoms with Crippen LogP contribution in [-0.4, -0.2) is 39.7 Å². The van der Waals surface area contributed by atoms with Crippen molar-refractivity contribution in [1.82, 2.24) is 9.47 Å². The summed E-state index contributed by atoms with van der Waals surface area (Å²) >= 11 is 0. The zero-order chi connectivity index (χ0) is 15.0. The lowest BCUT2D eigenvalue weighted by molar-refractivity contribution is 0.0674. The first kappa shape index (κ1) is 14.6. The molecule has 3 rings (SSSR count). The Morgan fingerprint density at radius 2 is 1.95 bits per heavy atom. The molecule has 1 saturated carbocycles. The maximum atomic E-state index is 11.2. The smallest absolute Gasteiger partial charge is 0.352 e. The number of carboxylic acid groups (broad SMARTS) is 1. The van der Waals surface area contributed by atoms with Crippen molar-refractivity contribution in [3.8, 4) is 0 Å². The van der Waals surface area contributed by atoms with Gasteiger partial charge in [-0.3, -0.25) is 0 Å². The first-order chi connectivity index (χ1) is 9.96. The molecule has 1 aromatic rings. The Morgan fingerprint density at radius 3 is 2.52 bits per heavy atom. The minimum absolute atomic E-state index is 0.344. The summed E-state index contributed by atoms with van der Waals surface area (Å²) in [5.74, 6) is -0.819. The molecule has 1 aromatic heterocycles. The summed E-state index contributed by atoms with van der Waals surface area (Å²) in [5, 5.41) is 9.24. The van der Waals surface area contributed by atoms with E-state index in [0.29, 0.717) is 17.2 Å². The van der Waals surface area contributed by atoms with E-state index in [1.807, 2.05) is 16.8 Å². The van der Waals surface area contributed by atoms with Gasteiger partial charge in [0.15, 0.2) is 0 Å². The standard InChI is InChI=1S/C17H26N2O2/c1-17(2)8-5-14(12-17)18-10-6-13(7-11-18)19-9-3-4-15(19)16(20)21/h3-4,9,13-14H,5-8,10-12H2,1-2H3,(H,20,21). The molecule has 1 unspecified atom stereocenters. The SMILES string of the molecule is CC1(C)CCC(N2CCC(n3cccc3C(=O)O)CC2)C1. The van der Waals surface area contributed by atoms with Gasteiger partial charge in [0, 0.05) is 31.4 Å². The fourth-order valence-corrected chi connectivity index (χ4v) is 4.13. The van der Waals surface area contributed by atoms with Crippen molar-refractivity contribution >= 4 is 5.97 Å². The lowest BCUT2D eigenvalue weighted by Gasteiger charge is -2.37. The van der Waals surface area contributed by atoms with Crippen LogP contribution in [0.1, 0.15) is 62.5 Å². The molecule has 4 heteroatoms.